The van der Waals surface area contributed by atoms with E-state index >= 15 is 0 Å². The van der Waals surface area contributed by atoms with Crippen molar-refractivity contribution in [3.05, 3.63) is 48.2 Å². The average molecular weight is 271 g/mol. The van der Waals surface area contributed by atoms with Crippen molar-refractivity contribution in [2.45, 2.75) is 0 Å². The second-order valence-electron chi connectivity index (χ2n) is 4.44. The molecule has 6 heteroatoms. The number of nitrogens with one attached hydrogen (secondary N) is 2. The molecule has 1 amide bonds. The molecule has 1 aromatic heterocycles. The lowest BCUT2D eigenvalue weighted by Crippen LogP contribution is -2.18. The highest BCUT2D eigenvalue weighted by atomic mass is 16.1. The lowest BCUT2D eigenvalue weighted by Gasteiger charge is -2.13. The Morgan fingerprint density at radius 2 is 1.90 bits per heavy atom. The highest BCUT2D eigenvalue weighted by molar-refractivity contribution is 6.07. The third kappa shape index (κ3) is 3.04. The number of hydrogen-bond acceptors (Lipinski definition) is 5. The summed E-state index contributed by atoms with van der Waals surface area (Å²) in [5, 5.41) is 2.81. The molecule has 0 unspecified atom stereocenters. The van der Waals surface area contributed by atoms with Gasteiger partial charge in [-0.2, -0.15) is 0 Å². The standard InChI is InChI=1S/C14H17N5O/c1-19(2)11-7-5-10(6-8-11)17-14(20)12-4-3-9-16-13(12)18-15/h3-9H,15H2,1-2H3,(H,16,18)(H,17,20). The number of benzene rings is 1. The van der Waals surface area contributed by atoms with Gasteiger partial charge in [0.1, 0.15) is 0 Å². The van der Waals surface area contributed by atoms with Crippen LogP contribution in [0.4, 0.5) is 17.2 Å². The second kappa shape index (κ2) is 6.03. The number of hydrazine groups is 1. The Hall–Kier alpha value is -2.60. The van der Waals surface area contributed by atoms with Gasteiger partial charge in [-0.1, -0.05) is 0 Å². The first kappa shape index (κ1) is 13.8. The van der Waals surface area contributed by atoms with Crippen LogP contribution in [0.3, 0.4) is 0 Å². The zero-order chi connectivity index (χ0) is 14.5. The summed E-state index contributed by atoms with van der Waals surface area (Å²) in [5.74, 6) is 5.42. The molecule has 0 radical (unpaired) electrons. The lowest BCUT2D eigenvalue weighted by molar-refractivity contribution is 0.102. The fourth-order valence-electron chi connectivity index (χ4n) is 1.74. The molecule has 0 atom stereocenters. The van der Waals surface area contributed by atoms with Crippen LogP contribution in [0.25, 0.3) is 0 Å². The smallest absolute Gasteiger partial charge is 0.259 e. The zero-order valence-electron chi connectivity index (χ0n) is 11.4. The van der Waals surface area contributed by atoms with Gasteiger partial charge in [-0.3, -0.25) is 4.79 Å². The quantitative estimate of drug-likeness (QED) is 0.582. The molecule has 1 heterocycles. The van der Waals surface area contributed by atoms with E-state index in [0.717, 1.165) is 5.69 Å². The summed E-state index contributed by atoms with van der Waals surface area (Å²) in [6.07, 6.45) is 1.57. The Bertz CT molecular complexity index is 595. The van der Waals surface area contributed by atoms with Crippen LogP contribution in [0.2, 0.25) is 0 Å². The number of rotatable bonds is 4. The number of nitrogens with two attached hydrogens (primary N) is 1. The fraction of sp³-hybridized carbons (Fsp3) is 0.143. The SMILES string of the molecule is CN(C)c1ccc(NC(=O)c2cccnc2NN)cc1. The van der Waals surface area contributed by atoms with Crippen LogP contribution < -0.4 is 21.5 Å². The Balaban J connectivity index is 2.15. The predicted molar refractivity (Wildman–Crippen MR) is 80.8 cm³/mol. The minimum Gasteiger partial charge on any atom is -0.378 e. The number of pyridine rings is 1. The van der Waals surface area contributed by atoms with Crippen molar-refractivity contribution in [2.75, 3.05) is 29.7 Å². The van der Waals surface area contributed by atoms with Gasteiger partial charge in [0.05, 0.1) is 5.56 Å². The predicted octanol–water partition coefficient (Wildman–Crippen LogP) is 1.69. The van der Waals surface area contributed by atoms with Crippen LogP contribution in [0.15, 0.2) is 42.6 Å². The van der Waals surface area contributed by atoms with Gasteiger partial charge in [0.25, 0.3) is 5.91 Å². The molecule has 6 nitrogen and oxygen atoms in total. The number of nitrogen functional groups attached to an aromatic ring is 1. The number of aromatic nitrogens is 1. The summed E-state index contributed by atoms with van der Waals surface area (Å²) in [4.78, 5) is 18.1. The molecule has 2 rings (SSSR count). The van der Waals surface area contributed by atoms with Crippen molar-refractivity contribution in [3.8, 4) is 0 Å². The molecule has 0 fully saturated rings. The Morgan fingerprint density at radius 3 is 2.50 bits per heavy atom. The summed E-state index contributed by atoms with van der Waals surface area (Å²) in [6, 6.07) is 10.9. The van der Waals surface area contributed by atoms with E-state index in [2.05, 4.69) is 15.7 Å². The monoisotopic (exact) mass is 271 g/mol. The molecule has 0 saturated carbocycles. The second-order valence-corrected chi connectivity index (χ2v) is 4.44. The highest BCUT2D eigenvalue weighted by Gasteiger charge is 2.11. The first-order valence-electron chi connectivity index (χ1n) is 6.12. The summed E-state index contributed by atoms with van der Waals surface area (Å²) >= 11 is 0. The first-order chi connectivity index (χ1) is 9.61. The Kier molecular flexibility index (Phi) is 4.17. The van der Waals surface area contributed by atoms with E-state index in [4.69, 9.17) is 5.84 Å². The summed E-state index contributed by atoms with van der Waals surface area (Å²) in [7, 11) is 3.92. The van der Waals surface area contributed by atoms with Gasteiger partial charge < -0.3 is 15.6 Å². The van der Waals surface area contributed by atoms with E-state index in [-0.39, 0.29) is 5.91 Å². The molecule has 104 valence electrons. The third-order valence-electron chi connectivity index (χ3n) is 2.83. The van der Waals surface area contributed by atoms with Gasteiger partial charge in [-0.25, -0.2) is 10.8 Å². The average Bonchev–Trinajstić information content (AvgIpc) is 2.47. The molecule has 2 aromatic rings. The molecule has 4 N–H and O–H groups in total. The largest absolute Gasteiger partial charge is 0.378 e. The van der Waals surface area contributed by atoms with Crippen LogP contribution >= 0.6 is 0 Å². The van der Waals surface area contributed by atoms with Crippen molar-refractivity contribution < 1.29 is 4.79 Å². The van der Waals surface area contributed by atoms with Crippen LogP contribution in [0.5, 0.6) is 0 Å². The van der Waals surface area contributed by atoms with Gasteiger partial charge in [0.2, 0.25) is 0 Å². The molecule has 0 aliphatic heterocycles. The van der Waals surface area contributed by atoms with E-state index in [0.29, 0.717) is 17.1 Å². The molecular formula is C14H17N5O. The molecule has 0 bridgehead atoms. The Labute approximate surface area is 117 Å². The molecule has 20 heavy (non-hydrogen) atoms. The van der Waals surface area contributed by atoms with Crippen LogP contribution in [-0.2, 0) is 0 Å². The minimum absolute atomic E-state index is 0.261. The molecule has 0 spiro atoms. The van der Waals surface area contributed by atoms with Crippen LogP contribution in [-0.4, -0.2) is 25.0 Å². The maximum atomic E-state index is 12.2. The van der Waals surface area contributed by atoms with E-state index in [1.165, 1.54) is 0 Å². The molecule has 0 aliphatic rings. The third-order valence-corrected chi connectivity index (χ3v) is 2.83. The Morgan fingerprint density at radius 1 is 1.20 bits per heavy atom. The van der Waals surface area contributed by atoms with Crippen LogP contribution in [0, 0.1) is 0 Å². The van der Waals surface area contributed by atoms with Crippen molar-refractivity contribution in [2.24, 2.45) is 5.84 Å². The van der Waals surface area contributed by atoms with Gasteiger partial charge in [0.15, 0.2) is 5.82 Å². The van der Waals surface area contributed by atoms with Crippen molar-refractivity contribution >= 4 is 23.1 Å². The number of carbonyl (C=O) groups is 1. The van der Waals surface area contributed by atoms with E-state index in [1.54, 1.807) is 18.3 Å². The van der Waals surface area contributed by atoms with Crippen molar-refractivity contribution in [1.82, 2.24) is 4.98 Å². The van der Waals surface area contributed by atoms with Gasteiger partial charge in [-0.15, -0.1) is 0 Å². The first-order valence-corrected chi connectivity index (χ1v) is 6.12. The van der Waals surface area contributed by atoms with E-state index in [1.807, 2.05) is 43.3 Å². The fourth-order valence-corrected chi connectivity index (χ4v) is 1.74. The molecule has 1 aromatic carbocycles. The summed E-state index contributed by atoms with van der Waals surface area (Å²) in [6.45, 7) is 0. The molecular weight excluding hydrogens is 254 g/mol. The molecule has 0 aliphatic carbocycles. The normalized spacial score (nSPS) is 9.95. The summed E-state index contributed by atoms with van der Waals surface area (Å²) < 4.78 is 0. The maximum absolute atomic E-state index is 12.2. The van der Waals surface area contributed by atoms with E-state index in [9.17, 15) is 4.79 Å². The summed E-state index contributed by atoms with van der Waals surface area (Å²) in [5.41, 5.74) is 4.58. The van der Waals surface area contributed by atoms with Gasteiger partial charge in [-0.05, 0) is 36.4 Å². The number of nitrogens with zero attached hydrogens (tertiary/aromatic N) is 2. The molecule has 0 saturated heterocycles. The van der Waals surface area contributed by atoms with Gasteiger partial charge in [0, 0.05) is 31.7 Å². The topological polar surface area (TPSA) is 83.3 Å². The lowest BCUT2D eigenvalue weighted by atomic mass is 10.2. The minimum atomic E-state index is -0.261. The number of carbonyl (C=O) groups excluding carboxylic acids is 1. The number of amides is 1. The van der Waals surface area contributed by atoms with Gasteiger partial charge >= 0.3 is 0 Å². The van der Waals surface area contributed by atoms with Crippen molar-refractivity contribution in [3.63, 3.8) is 0 Å². The maximum Gasteiger partial charge on any atom is 0.259 e. The van der Waals surface area contributed by atoms with Crippen molar-refractivity contribution in [1.29, 1.82) is 0 Å². The highest BCUT2D eigenvalue weighted by Crippen LogP contribution is 2.17. The van der Waals surface area contributed by atoms with Crippen LogP contribution in [0.1, 0.15) is 10.4 Å². The number of hydrogen-bond donors (Lipinski definition) is 3. The van der Waals surface area contributed by atoms with E-state index < -0.39 is 0 Å². The number of anilines is 3. The zero-order valence-corrected chi connectivity index (χ0v) is 11.4.